The molecule has 1 saturated carbocycles. The van der Waals surface area contributed by atoms with Gasteiger partial charge in [0.05, 0.1) is 11.8 Å². The van der Waals surface area contributed by atoms with E-state index in [1.807, 2.05) is 0 Å². The molecule has 2 N–H and O–H groups in total. The molecule has 1 aliphatic carbocycles. The van der Waals surface area contributed by atoms with Gasteiger partial charge in [-0.3, -0.25) is 9.59 Å². The molecule has 2 rings (SSSR count). The van der Waals surface area contributed by atoms with E-state index in [-0.39, 0.29) is 5.91 Å². The van der Waals surface area contributed by atoms with E-state index in [1.54, 1.807) is 18.3 Å². The minimum atomic E-state index is -0.886. The fraction of sp³-hybridized carbons (Fsp3) is 0.462. The largest absolute Gasteiger partial charge is 0.481 e. The fourth-order valence-corrected chi connectivity index (χ4v) is 2.64. The van der Waals surface area contributed by atoms with Crippen molar-refractivity contribution in [1.82, 2.24) is 4.98 Å². The number of hydrogen-bond donors (Lipinski definition) is 2. The molecule has 1 fully saturated rings. The highest BCUT2D eigenvalue weighted by atomic mass is 79.9. The van der Waals surface area contributed by atoms with E-state index in [9.17, 15) is 9.59 Å². The molecule has 1 heterocycles. The molecule has 6 heteroatoms. The highest BCUT2D eigenvalue weighted by molar-refractivity contribution is 9.10. The van der Waals surface area contributed by atoms with Gasteiger partial charge < -0.3 is 10.4 Å². The number of hydrogen-bond acceptors (Lipinski definition) is 3. The van der Waals surface area contributed by atoms with Crippen LogP contribution in [0, 0.1) is 11.8 Å². The maximum absolute atomic E-state index is 12.1. The SMILES string of the molecule is O=C(O)[C@H]1CCCC[C@H]1C(=O)Nc1ccc(Br)cn1. The van der Waals surface area contributed by atoms with Crippen molar-refractivity contribution < 1.29 is 14.7 Å². The van der Waals surface area contributed by atoms with Crippen molar-refractivity contribution >= 4 is 33.6 Å². The predicted molar refractivity (Wildman–Crippen MR) is 73.7 cm³/mol. The van der Waals surface area contributed by atoms with Crippen molar-refractivity contribution in [2.24, 2.45) is 11.8 Å². The van der Waals surface area contributed by atoms with Crippen LogP contribution in [-0.4, -0.2) is 22.0 Å². The van der Waals surface area contributed by atoms with E-state index < -0.39 is 17.8 Å². The van der Waals surface area contributed by atoms with Crippen LogP contribution in [0.5, 0.6) is 0 Å². The number of carboxylic acid groups (broad SMARTS) is 1. The van der Waals surface area contributed by atoms with Gasteiger partial charge >= 0.3 is 5.97 Å². The predicted octanol–water partition coefficient (Wildman–Crippen LogP) is 2.67. The summed E-state index contributed by atoms with van der Waals surface area (Å²) in [5.74, 6) is -1.73. The van der Waals surface area contributed by atoms with Crippen LogP contribution < -0.4 is 5.32 Å². The normalized spacial score (nSPS) is 22.8. The maximum atomic E-state index is 12.1. The summed E-state index contributed by atoms with van der Waals surface area (Å²) >= 11 is 3.26. The van der Waals surface area contributed by atoms with Crippen LogP contribution in [0.1, 0.15) is 25.7 Å². The molecule has 5 nitrogen and oxygen atoms in total. The first-order valence-electron chi connectivity index (χ1n) is 6.23. The van der Waals surface area contributed by atoms with E-state index in [1.165, 1.54) is 0 Å². The quantitative estimate of drug-likeness (QED) is 0.894. The second-order valence-corrected chi connectivity index (χ2v) is 5.60. The van der Waals surface area contributed by atoms with E-state index >= 15 is 0 Å². The average molecular weight is 327 g/mol. The third kappa shape index (κ3) is 3.53. The molecule has 0 spiro atoms. The van der Waals surface area contributed by atoms with Gasteiger partial charge in [-0.15, -0.1) is 0 Å². The molecular formula is C13H15BrN2O3. The topological polar surface area (TPSA) is 79.3 Å². The molecule has 0 aliphatic heterocycles. The van der Waals surface area contributed by atoms with E-state index in [4.69, 9.17) is 5.11 Å². The molecular weight excluding hydrogens is 312 g/mol. The third-order valence-electron chi connectivity index (χ3n) is 3.40. The highest BCUT2D eigenvalue weighted by Gasteiger charge is 2.35. The van der Waals surface area contributed by atoms with Crippen molar-refractivity contribution in [3.8, 4) is 0 Å². The summed E-state index contributed by atoms with van der Waals surface area (Å²) in [5.41, 5.74) is 0. The first-order valence-corrected chi connectivity index (χ1v) is 7.02. The van der Waals surface area contributed by atoms with Gasteiger partial charge in [-0.25, -0.2) is 4.98 Å². The van der Waals surface area contributed by atoms with E-state index in [0.29, 0.717) is 18.7 Å². The van der Waals surface area contributed by atoms with Gasteiger partial charge in [0.15, 0.2) is 0 Å². The average Bonchev–Trinajstić information content (AvgIpc) is 2.41. The van der Waals surface area contributed by atoms with Crippen molar-refractivity contribution in [1.29, 1.82) is 0 Å². The maximum Gasteiger partial charge on any atom is 0.307 e. The summed E-state index contributed by atoms with van der Waals surface area (Å²) in [6.07, 6.45) is 4.55. The molecule has 102 valence electrons. The Morgan fingerprint density at radius 1 is 1.26 bits per heavy atom. The second-order valence-electron chi connectivity index (χ2n) is 4.69. The van der Waals surface area contributed by atoms with Gasteiger partial charge in [-0.1, -0.05) is 12.8 Å². The molecule has 2 atom stereocenters. The van der Waals surface area contributed by atoms with E-state index in [2.05, 4.69) is 26.2 Å². The number of pyridine rings is 1. The summed E-state index contributed by atoms with van der Waals surface area (Å²) in [7, 11) is 0. The summed E-state index contributed by atoms with van der Waals surface area (Å²) in [6, 6.07) is 3.46. The fourth-order valence-electron chi connectivity index (χ4n) is 2.41. The number of amides is 1. The summed E-state index contributed by atoms with van der Waals surface area (Å²) < 4.78 is 0.826. The van der Waals surface area contributed by atoms with Gasteiger partial charge in [0.2, 0.25) is 5.91 Å². The van der Waals surface area contributed by atoms with Crippen molar-refractivity contribution in [3.05, 3.63) is 22.8 Å². The lowest BCUT2D eigenvalue weighted by molar-refractivity contribution is -0.147. The van der Waals surface area contributed by atoms with Crippen LogP contribution in [0.4, 0.5) is 5.82 Å². The molecule has 1 aromatic rings. The number of aliphatic carboxylic acids is 1. The second kappa shape index (κ2) is 6.14. The molecule has 0 unspecified atom stereocenters. The smallest absolute Gasteiger partial charge is 0.307 e. The first kappa shape index (κ1) is 14.0. The van der Waals surface area contributed by atoms with E-state index in [0.717, 1.165) is 17.3 Å². The number of carbonyl (C=O) groups excluding carboxylic acids is 1. The molecule has 0 aromatic carbocycles. The summed E-state index contributed by atoms with van der Waals surface area (Å²) in [6.45, 7) is 0. The van der Waals surface area contributed by atoms with Gasteiger partial charge in [-0.2, -0.15) is 0 Å². The monoisotopic (exact) mass is 326 g/mol. The van der Waals surface area contributed by atoms with Crippen LogP contribution in [-0.2, 0) is 9.59 Å². The Balaban J connectivity index is 2.05. The van der Waals surface area contributed by atoms with Crippen molar-refractivity contribution in [2.45, 2.75) is 25.7 Å². The zero-order valence-electron chi connectivity index (χ0n) is 10.3. The number of nitrogens with zero attached hydrogens (tertiary/aromatic N) is 1. The minimum Gasteiger partial charge on any atom is -0.481 e. The summed E-state index contributed by atoms with van der Waals surface area (Å²) in [4.78, 5) is 27.4. The van der Waals surface area contributed by atoms with Gasteiger partial charge in [0, 0.05) is 10.7 Å². The Labute approximate surface area is 119 Å². The molecule has 1 aliphatic rings. The van der Waals surface area contributed by atoms with Crippen LogP contribution >= 0.6 is 15.9 Å². The Bertz CT molecular complexity index is 475. The standard InChI is InChI=1S/C13H15BrN2O3/c14-8-5-6-11(15-7-8)16-12(17)9-3-1-2-4-10(9)13(18)19/h5-7,9-10H,1-4H2,(H,18,19)(H,15,16,17)/t9-,10+/m1/s1. The van der Waals surface area contributed by atoms with Crippen LogP contribution in [0.2, 0.25) is 0 Å². The number of nitrogens with one attached hydrogen (secondary N) is 1. The van der Waals surface area contributed by atoms with Gasteiger partial charge in [-0.05, 0) is 40.9 Å². The molecule has 19 heavy (non-hydrogen) atoms. The van der Waals surface area contributed by atoms with Crippen LogP contribution in [0.15, 0.2) is 22.8 Å². The lowest BCUT2D eigenvalue weighted by atomic mass is 9.79. The molecule has 0 radical (unpaired) electrons. The zero-order chi connectivity index (χ0) is 13.8. The number of carboxylic acids is 1. The Morgan fingerprint density at radius 3 is 2.53 bits per heavy atom. The Hall–Kier alpha value is -1.43. The van der Waals surface area contributed by atoms with Gasteiger partial charge in [0.25, 0.3) is 0 Å². The number of anilines is 1. The Morgan fingerprint density at radius 2 is 1.95 bits per heavy atom. The lowest BCUT2D eigenvalue weighted by Gasteiger charge is -2.27. The van der Waals surface area contributed by atoms with Crippen molar-refractivity contribution in [2.75, 3.05) is 5.32 Å². The highest BCUT2D eigenvalue weighted by Crippen LogP contribution is 2.31. The zero-order valence-corrected chi connectivity index (χ0v) is 11.9. The minimum absolute atomic E-state index is 0.248. The Kier molecular flexibility index (Phi) is 4.52. The molecule has 0 saturated heterocycles. The molecule has 1 aromatic heterocycles. The molecule has 1 amide bonds. The summed E-state index contributed by atoms with van der Waals surface area (Å²) in [5, 5.41) is 11.8. The molecule has 0 bridgehead atoms. The van der Waals surface area contributed by atoms with Crippen LogP contribution in [0.3, 0.4) is 0 Å². The number of halogens is 1. The van der Waals surface area contributed by atoms with Gasteiger partial charge in [0.1, 0.15) is 5.82 Å². The number of aromatic nitrogens is 1. The first-order chi connectivity index (χ1) is 9.08. The number of rotatable bonds is 3. The number of carbonyl (C=O) groups is 2. The third-order valence-corrected chi connectivity index (χ3v) is 3.87. The lowest BCUT2D eigenvalue weighted by Crippen LogP contribution is -2.36. The van der Waals surface area contributed by atoms with Crippen LogP contribution in [0.25, 0.3) is 0 Å². The van der Waals surface area contributed by atoms with Crippen molar-refractivity contribution in [3.63, 3.8) is 0 Å².